The largest absolute Gasteiger partial charge is 0.549 e. The van der Waals surface area contributed by atoms with E-state index in [2.05, 4.69) is 65.9 Å². The Morgan fingerprint density at radius 3 is 2.22 bits per heavy atom. The highest BCUT2D eigenvalue weighted by Gasteiger charge is 2.56. The fourth-order valence-electron chi connectivity index (χ4n) is 5.99. The van der Waals surface area contributed by atoms with Gasteiger partial charge in [0.05, 0.1) is 0 Å². The molecule has 178 valence electrons. The van der Waals surface area contributed by atoms with Gasteiger partial charge in [-0.3, -0.25) is 4.79 Å². The highest BCUT2D eigenvalue weighted by molar-refractivity contribution is 6.26. The summed E-state index contributed by atoms with van der Waals surface area (Å²) in [4.78, 5) is 11.9. The Bertz CT molecular complexity index is 816. The van der Waals surface area contributed by atoms with Crippen molar-refractivity contribution in [1.29, 1.82) is 0 Å². The predicted molar refractivity (Wildman–Crippen MR) is 141 cm³/mol. The number of allylic oxidation sites excluding steroid dienone is 2. The number of fused-ring (bicyclic) bond motifs is 1. The molecule has 1 saturated carbocycles. The quantitative estimate of drug-likeness (QED) is 0.218. The Balaban J connectivity index is 2.05. The van der Waals surface area contributed by atoms with E-state index in [1.165, 1.54) is 43.2 Å². The summed E-state index contributed by atoms with van der Waals surface area (Å²) in [7, 11) is -1.28. The topological polar surface area (TPSA) is 35.5 Å². The van der Waals surface area contributed by atoms with Crippen LogP contribution in [0.3, 0.4) is 0 Å². The second-order valence-corrected chi connectivity index (χ2v) is 12.7. The molecule has 1 fully saturated rings. The zero-order valence-corrected chi connectivity index (χ0v) is 24.3. The van der Waals surface area contributed by atoms with E-state index in [4.69, 9.17) is 8.85 Å². The molecule has 1 aromatic carbocycles. The van der Waals surface area contributed by atoms with E-state index in [1.807, 2.05) is 0 Å². The maximum absolute atomic E-state index is 11.9. The van der Waals surface area contributed by atoms with E-state index in [0.29, 0.717) is 11.8 Å². The molecule has 2 unspecified atom stereocenters. The van der Waals surface area contributed by atoms with E-state index in [1.54, 1.807) is 0 Å². The van der Waals surface area contributed by atoms with Crippen LogP contribution in [0.4, 0.5) is 0 Å². The number of rotatable bonds is 12. The van der Waals surface area contributed by atoms with Crippen molar-refractivity contribution in [3.8, 4) is 11.5 Å². The average molecular weight is 473 g/mol. The Morgan fingerprint density at radius 2 is 1.72 bits per heavy atom. The summed E-state index contributed by atoms with van der Waals surface area (Å²) in [5, 5.41) is 0. The molecular formula is C27H44O3Si2. The van der Waals surface area contributed by atoms with Gasteiger partial charge in [0.2, 0.25) is 19.5 Å². The third kappa shape index (κ3) is 4.79. The smallest absolute Gasteiger partial charge is 0.216 e. The molecule has 5 heteroatoms. The molecular weight excluding hydrogens is 428 g/mol. The summed E-state index contributed by atoms with van der Waals surface area (Å²) in [6.45, 7) is 16.0. The van der Waals surface area contributed by atoms with E-state index in [0.717, 1.165) is 29.8 Å². The van der Waals surface area contributed by atoms with Gasteiger partial charge in [-0.15, -0.1) is 0 Å². The fraction of sp³-hybridized carbons (Fsp3) is 0.667. The Morgan fingerprint density at radius 1 is 1.09 bits per heavy atom. The van der Waals surface area contributed by atoms with Crippen molar-refractivity contribution < 1.29 is 13.6 Å². The molecule has 2 bridgehead atoms. The minimum atomic E-state index is -0.639. The summed E-state index contributed by atoms with van der Waals surface area (Å²) in [5.41, 5.74) is 3.74. The lowest BCUT2D eigenvalue weighted by Gasteiger charge is -2.59. The van der Waals surface area contributed by atoms with Crippen molar-refractivity contribution in [2.45, 2.75) is 97.6 Å². The molecule has 0 saturated heterocycles. The summed E-state index contributed by atoms with van der Waals surface area (Å²) < 4.78 is 12.8. The fourth-order valence-corrected chi connectivity index (χ4v) is 7.09. The minimum Gasteiger partial charge on any atom is -0.549 e. The van der Waals surface area contributed by atoms with Gasteiger partial charge >= 0.3 is 0 Å². The molecule has 0 radical (unpaired) electrons. The molecule has 3 nitrogen and oxygen atoms in total. The van der Waals surface area contributed by atoms with Crippen LogP contribution in [-0.4, -0.2) is 25.8 Å². The first-order valence-corrected chi connectivity index (χ1v) is 16.8. The SMILES string of the molecule is CCCCCCC(C)(C)c1cc(O[SiH2]C)c([C@H]2C=C(C=O)C3CC2C3(C)C)c(O[SiH2]C)c1. The number of hydrogen-bond acceptors (Lipinski definition) is 3. The summed E-state index contributed by atoms with van der Waals surface area (Å²) >= 11 is 0. The lowest BCUT2D eigenvalue weighted by atomic mass is 9.45. The first-order chi connectivity index (χ1) is 15.2. The third-order valence-corrected chi connectivity index (χ3v) is 9.36. The van der Waals surface area contributed by atoms with Crippen LogP contribution in [0.25, 0.3) is 0 Å². The molecule has 0 heterocycles. The molecule has 1 aromatic rings. The average Bonchev–Trinajstić information content (AvgIpc) is 2.76. The Labute approximate surface area is 200 Å². The first kappa shape index (κ1) is 25.3. The van der Waals surface area contributed by atoms with Gasteiger partial charge in [0, 0.05) is 11.5 Å². The lowest BCUT2D eigenvalue weighted by molar-refractivity contribution is -0.108. The second kappa shape index (κ2) is 10.3. The van der Waals surface area contributed by atoms with Gasteiger partial charge in [-0.2, -0.15) is 0 Å². The van der Waals surface area contributed by atoms with Crippen LogP contribution in [-0.2, 0) is 10.2 Å². The molecule has 0 spiro atoms. The van der Waals surface area contributed by atoms with Gasteiger partial charge in [0.25, 0.3) is 0 Å². The monoisotopic (exact) mass is 472 g/mol. The standard InChI is InChI=1S/C27H44O3Si2/c1-8-9-10-11-12-26(2,3)19-14-23(29-31-6)25(24(15-19)30-32-7)20-13-18(17-28)21-16-22(20)27(21,4)5/h13-15,17,20-22H,8-12,16,31-32H2,1-7H3/t20-,21?,22?/m0/s1. The number of carbonyl (C=O) groups excluding carboxylic acids is 1. The van der Waals surface area contributed by atoms with Crippen molar-refractivity contribution in [1.82, 2.24) is 0 Å². The zero-order chi connectivity index (χ0) is 23.5. The summed E-state index contributed by atoms with van der Waals surface area (Å²) in [6.07, 6.45) is 10.7. The lowest BCUT2D eigenvalue weighted by Crippen LogP contribution is -2.51. The molecule has 3 aliphatic rings. The van der Waals surface area contributed by atoms with E-state index >= 15 is 0 Å². The van der Waals surface area contributed by atoms with E-state index < -0.39 is 19.5 Å². The summed E-state index contributed by atoms with van der Waals surface area (Å²) in [6, 6.07) is 4.61. The molecule has 3 aliphatic carbocycles. The highest BCUT2D eigenvalue weighted by Crippen LogP contribution is 2.64. The first-order valence-electron chi connectivity index (χ1n) is 12.8. The number of aldehydes is 1. The second-order valence-electron chi connectivity index (χ2n) is 11.0. The zero-order valence-electron chi connectivity index (χ0n) is 21.4. The number of carbonyl (C=O) groups is 1. The van der Waals surface area contributed by atoms with Crippen molar-refractivity contribution in [2.24, 2.45) is 17.3 Å². The van der Waals surface area contributed by atoms with E-state index in [9.17, 15) is 4.79 Å². The predicted octanol–water partition coefficient (Wildman–Crippen LogP) is 5.84. The van der Waals surface area contributed by atoms with Gasteiger partial charge in [-0.25, -0.2) is 0 Å². The molecule has 0 N–H and O–H groups in total. The van der Waals surface area contributed by atoms with Gasteiger partial charge in [0.15, 0.2) is 0 Å². The Hall–Kier alpha value is -1.34. The van der Waals surface area contributed by atoms with Crippen molar-refractivity contribution in [3.63, 3.8) is 0 Å². The van der Waals surface area contributed by atoms with Crippen molar-refractivity contribution in [2.75, 3.05) is 0 Å². The van der Waals surface area contributed by atoms with Crippen LogP contribution in [0, 0.1) is 17.3 Å². The molecule has 3 atom stereocenters. The van der Waals surface area contributed by atoms with Crippen LogP contribution >= 0.6 is 0 Å². The van der Waals surface area contributed by atoms with Gasteiger partial charge < -0.3 is 8.85 Å². The minimum absolute atomic E-state index is 0.0876. The molecule has 4 rings (SSSR count). The van der Waals surface area contributed by atoms with Crippen LogP contribution in [0.15, 0.2) is 23.8 Å². The van der Waals surface area contributed by atoms with Gasteiger partial charge in [0.1, 0.15) is 17.8 Å². The third-order valence-electron chi connectivity index (χ3n) is 8.16. The van der Waals surface area contributed by atoms with Gasteiger partial charge in [-0.1, -0.05) is 66.4 Å². The Kier molecular flexibility index (Phi) is 8.13. The van der Waals surface area contributed by atoms with Crippen LogP contribution in [0.5, 0.6) is 11.5 Å². The molecule has 0 aliphatic heterocycles. The van der Waals surface area contributed by atoms with Crippen LogP contribution in [0.2, 0.25) is 13.1 Å². The molecule has 0 amide bonds. The number of benzene rings is 1. The van der Waals surface area contributed by atoms with Crippen molar-refractivity contribution >= 4 is 25.8 Å². The maximum atomic E-state index is 11.9. The molecule has 0 aromatic heterocycles. The number of hydrogen-bond donors (Lipinski definition) is 0. The normalized spacial score (nSPS) is 24.6. The van der Waals surface area contributed by atoms with Gasteiger partial charge in [-0.05, 0) is 71.9 Å². The number of unbranched alkanes of at least 4 members (excludes halogenated alkanes) is 3. The van der Waals surface area contributed by atoms with Crippen LogP contribution in [0.1, 0.15) is 90.2 Å². The van der Waals surface area contributed by atoms with E-state index in [-0.39, 0.29) is 16.7 Å². The van der Waals surface area contributed by atoms with Crippen LogP contribution < -0.4 is 8.85 Å². The maximum Gasteiger partial charge on any atom is 0.216 e. The van der Waals surface area contributed by atoms with Crippen molar-refractivity contribution in [3.05, 3.63) is 34.9 Å². The highest BCUT2D eigenvalue weighted by atomic mass is 28.2. The molecule has 32 heavy (non-hydrogen) atoms. The summed E-state index contributed by atoms with van der Waals surface area (Å²) in [5.74, 6) is 3.16.